The molecule has 28 heavy (non-hydrogen) atoms. The molecule has 0 radical (unpaired) electrons. The standard InChI is InChI=1S/C21H31N5O2/c27-19(16-17-8-4-3-5-9-17)13-11-18-12-14-21(28)26(18)15-7-2-1-6-10-20-22-24-25-23-20/h3-5,8-9,18-19,27H,1-2,6-7,10-16H2,(H,22,23,24,25)/t18-,19+/m0/s1. The van der Waals surface area contributed by atoms with Crippen LogP contribution in [-0.2, 0) is 17.6 Å². The van der Waals surface area contributed by atoms with Crippen LogP contribution >= 0.6 is 0 Å². The number of aliphatic hydroxyl groups is 1. The number of nitrogens with one attached hydrogen (secondary N) is 1. The van der Waals surface area contributed by atoms with Gasteiger partial charge in [0.15, 0.2) is 0 Å². The van der Waals surface area contributed by atoms with Crippen molar-refractivity contribution in [2.45, 2.75) is 76.4 Å². The Morgan fingerprint density at radius 1 is 1.18 bits per heavy atom. The first-order valence-electron chi connectivity index (χ1n) is 10.5. The van der Waals surface area contributed by atoms with E-state index in [0.29, 0.717) is 12.8 Å². The summed E-state index contributed by atoms with van der Waals surface area (Å²) in [6, 6.07) is 10.4. The van der Waals surface area contributed by atoms with Crippen molar-refractivity contribution in [2.75, 3.05) is 6.54 Å². The summed E-state index contributed by atoms with van der Waals surface area (Å²) in [5.41, 5.74) is 1.16. The fourth-order valence-electron chi connectivity index (χ4n) is 3.99. The van der Waals surface area contributed by atoms with Gasteiger partial charge in [0, 0.05) is 25.4 Å². The Kier molecular flexibility index (Phi) is 7.96. The summed E-state index contributed by atoms with van der Waals surface area (Å²) in [7, 11) is 0. The van der Waals surface area contributed by atoms with Crippen LogP contribution in [0, 0.1) is 0 Å². The maximum atomic E-state index is 12.2. The highest BCUT2D eigenvalue weighted by atomic mass is 16.3. The van der Waals surface area contributed by atoms with E-state index in [4.69, 9.17) is 0 Å². The average Bonchev–Trinajstić information content (AvgIpc) is 3.34. The molecule has 0 saturated carbocycles. The van der Waals surface area contributed by atoms with Crippen molar-refractivity contribution in [2.24, 2.45) is 0 Å². The van der Waals surface area contributed by atoms with Crippen LogP contribution < -0.4 is 0 Å². The smallest absolute Gasteiger partial charge is 0.222 e. The second kappa shape index (κ2) is 10.9. The van der Waals surface area contributed by atoms with E-state index in [-0.39, 0.29) is 18.1 Å². The van der Waals surface area contributed by atoms with Crippen LogP contribution in [0.5, 0.6) is 0 Å². The van der Waals surface area contributed by atoms with Gasteiger partial charge in [-0.2, -0.15) is 0 Å². The first-order valence-corrected chi connectivity index (χ1v) is 10.5. The predicted octanol–water partition coefficient (Wildman–Crippen LogP) is 2.68. The molecular formula is C21H31N5O2. The lowest BCUT2D eigenvalue weighted by atomic mass is 10.0. The highest BCUT2D eigenvalue weighted by Crippen LogP contribution is 2.24. The SMILES string of the molecule is O=C1CC[C@H](CC[C@@H](O)Cc2ccccc2)N1CCCCCCc1nnn[nH]1. The summed E-state index contributed by atoms with van der Waals surface area (Å²) in [5, 5.41) is 24.2. The number of likely N-dealkylation sites (tertiary alicyclic amines) is 1. The number of hydrogen-bond donors (Lipinski definition) is 2. The molecule has 7 heteroatoms. The Hall–Kier alpha value is -2.28. The number of aliphatic hydroxyl groups excluding tert-OH is 1. The molecule has 1 aromatic carbocycles. The van der Waals surface area contributed by atoms with Crippen LogP contribution in [0.1, 0.15) is 62.8 Å². The number of carbonyl (C=O) groups is 1. The Bertz CT molecular complexity index is 692. The third-order valence-electron chi connectivity index (χ3n) is 5.55. The largest absolute Gasteiger partial charge is 0.393 e. The van der Waals surface area contributed by atoms with Gasteiger partial charge in [0.2, 0.25) is 5.91 Å². The summed E-state index contributed by atoms with van der Waals surface area (Å²) in [4.78, 5) is 14.3. The number of unbranched alkanes of at least 4 members (excludes halogenated alkanes) is 3. The van der Waals surface area contributed by atoms with Crippen molar-refractivity contribution in [3.8, 4) is 0 Å². The average molecular weight is 386 g/mol. The zero-order valence-corrected chi connectivity index (χ0v) is 16.5. The molecule has 1 fully saturated rings. The van der Waals surface area contributed by atoms with E-state index >= 15 is 0 Å². The van der Waals surface area contributed by atoms with Crippen LogP contribution in [0.2, 0.25) is 0 Å². The molecule has 1 aromatic heterocycles. The van der Waals surface area contributed by atoms with Gasteiger partial charge < -0.3 is 10.0 Å². The van der Waals surface area contributed by atoms with E-state index in [0.717, 1.165) is 69.3 Å². The van der Waals surface area contributed by atoms with Gasteiger partial charge in [0.25, 0.3) is 0 Å². The van der Waals surface area contributed by atoms with Gasteiger partial charge in [0.05, 0.1) is 6.10 Å². The topological polar surface area (TPSA) is 95.0 Å². The van der Waals surface area contributed by atoms with Crippen molar-refractivity contribution in [3.63, 3.8) is 0 Å². The lowest BCUT2D eigenvalue weighted by Crippen LogP contribution is -2.34. The maximum absolute atomic E-state index is 12.2. The fraction of sp³-hybridized carbons (Fsp3) is 0.619. The number of carbonyl (C=O) groups excluding carboxylic acids is 1. The zero-order chi connectivity index (χ0) is 19.6. The molecule has 3 rings (SSSR count). The van der Waals surface area contributed by atoms with Gasteiger partial charge in [-0.1, -0.05) is 43.2 Å². The number of hydrogen-bond acceptors (Lipinski definition) is 5. The molecule has 1 amide bonds. The summed E-state index contributed by atoms with van der Waals surface area (Å²) in [6.45, 7) is 0.835. The van der Waals surface area contributed by atoms with Crippen LogP contribution in [-0.4, -0.2) is 55.2 Å². The maximum Gasteiger partial charge on any atom is 0.222 e. The third kappa shape index (κ3) is 6.41. The highest BCUT2D eigenvalue weighted by Gasteiger charge is 2.30. The normalized spacial score (nSPS) is 18.0. The lowest BCUT2D eigenvalue weighted by molar-refractivity contribution is -0.129. The van der Waals surface area contributed by atoms with Crippen molar-refractivity contribution >= 4 is 5.91 Å². The van der Waals surface area contributed by atoms with Crippen LogP contribution in [0.15, 0.2) is 30.3 Å². The van der Waals surface area contributed by atoms with E-state index in [1.807, 2.05) is 30.3 Å². The van der Waals surface area contributed by atoms with Crippen molar-refractivity contribution in [1.29, 1.82) is 0 Å². The zero-order valence-electron chi connectivity index (χ0n) is 16.5. The molecule has 0 bridgehead atoms. The molecule has 0 aliphatic carbocycles. The van der Waals surface area contributed by atoms with Gasteiger partial charge in [0.1, 0.15) is 5.82 Å². The second-order valence-corrected chi connectivity index (χ2v) is 7.71. The molecule has 7 nitrogen and oxygen atoms in total. The quantitative estimate of drug-likeness (QED) is 0.548. The van der Waals surface area contributed by atoms with Crippen LogP contribution in [0.4, 0.5) is 0 Å². The number of tetrazole rings is 1. The summed E-state index contributed by atoms with van der Waals surface area (Å²) < 4.78 is 0. The minimum atomic E-state index is -0.342. The highest BCUT2D eigenvalue weighted by molar-refractivity contribution is 5.78. The molecule has 0 unspecified atom stereocenters. The number of aryl methyl sites for hydroxylation is 1. The van der Waals surface area contributed by atoms with Gasteiger partial charge in [-0.05, 0) is 54.5 Å². The molecule has 152 valence electrons. The molecule has 1 saturated heterocycles. The number of rotatable bonds is 12. The molecule has 2 heterocycles. The van der Waals surface area contributed by atoms with Crippen LogP contribution in [0.3, 0.4) is 0 Å². The number of amides is 1. The monoisotopic (exact) mass is 385 g/mol. The molecule has 2 aromatic rings. The molecular weight excluding hydrogens is 354 g/mol. The van der Waals surface area contributed by atoms with E-state index in [2.05, 4.69) is 25.5 Å². The van der Waals surface area contributed by atoms with Gasteiger partial charge in [-0.3, -0.25) is 4.79 Å². The van der Waals surface area contributed by atoms with E-state index in [1.54, 1.807) is 0 Å². The summed E-state index contributed by atoms with van der Waals surface area (Å²) >= 11 is 0. The van der Waals surface area contributed by atoms with Crippen LogP contribution in [0.25, 0.3) is 0 Å². The van der Waals surface area contributed by atoms with Gasteiger partial charge >= 0.3 is 0 Å². The molecule has 2 N–H and O–H groups in total. The number of aromatic amines is 1. The fourth-order valence-corrected chi connectivity index (χ4v) is 3.99. The van der Waals surface area contributed by atoms with E-state index in [9.17, 15) is 9.90 Å². The van der Waals surface area contributed by atoms with E-state index < -0.39 is 0 Å². The predicted molar refractivity (Wildman–Crippen MR) is 106 cm³/mol. The Labute approximate surface area is 166 Å². The summed E-state index contributed by atoms with van der Waals surface area (Å²) in [5.74, 6) is 1.11. The Morgan fingerprint density at radius 2 is 2.00 bits per heavy atom. The third-order valence-corrected chi connectivity index (χ3v) is 5.55. The lowest BCUT2D eigenvalue weighted by Gasteiger charge is -2.25. The van der Waals surface area contributed by atoms with Crippen molar-refractivity contribution in [1.82, 2.24) is 25.5 Å². The molecule has 2 atom stereocenters. The Morgan fingerprint density at radius 3 is 2.79 bits per heavy atom. The molecule has 0 spiro atoms. The molecule has 1 aliphatic heterocycles. The van der Waals surface area contributed by atoms with Crippen molar-refractivity contribution < 1.29 is 9.90 Å². The minimum Gasteiger partial charge on any atom is -0.393 e. The number of H-pyrrole nitrogens is 1. The number of nitrogens with zero attached hydrogens (tertiary/aromatic N) is 4. The second-order valence-electron chi connectivity index (χ2n) is 7.71. The Balaban J connectivity index is 1.32. The van der Waals surface area contributed by atoms with Gasteiger partial charge in [-0.15, -0.1) is 5.10 Å². The van der Waals surface area contributed by atoms with Crippen molar-refractivity contribution in [3.05, 3.63) is 41.7 Å². The first kappa shape index (κ1) is 20.5. The number of benzene rings is 1. The van der Waals surface area contributed by atoms with Gasteiger partial charge in [-0.25, -0.2) is 5.10 Å². The minimum absolute atomic E-state index is 0.273. The summed E-state index contributed by atoms with van der Waals surface area (Å²) in [6.07, 6.45) is 8.73. The first-order chi connectivity index (χ1) is 13.7. The number of aromatic nitrogens is 4. The molecule has 1 aliphatic rings. The van der Waals surface area contributed by atoms with E-state index in [1.165, 1.54) is 0 Å².